The molecule has 0 spiro atoms. The highest BCUT2D eigenvalue weighted by molar-refractivity contribution is 14.0. The molecule has 0 saturated heterocycles. The number of hydrogen-bond donors (Lipinski definition) is 2. The third kappa shape index (κ3) is 7.79. The normalized spacial score (nSPS) is 11.6. The van der Waals surface area contributed by atoms with Gasteiger partial charge in [-0.2, -0.15) is 0 Å². The van der Waals surface area contributed by atoms with Crippen LogP contribution in [0, 0.1) is 0 Å². The van der Waals surface area contributed by atoms with Gasteiger partial charge in [-0.1, -0.05) is 57.1 Å². The lowest BCUT2D eigenvalue weighted by molar-refractivity contribution is 0.296. The molecule has 7 heteroatoms. The van der Waals surface area contributed by atoms with Gasteiger partial charge < -0.3 is 15.2 Å². The number of nitrogens with one attached hydrogen (secondary N) is 2. The Kier molecular flexibility index (Phi) is 11.1. The lowest BCUT2D eigenvalue weighted by Gasteiger charge is -2.18. The smallest absolute Gasteiger partial charge is 0.191 e. The molecule has 1 heterocycles. The van der Waals surface area contributed by atoms with Crippen LogP contribution in [0.2, 0.25) is 0 Å². The van der Waals surface area contributed by atoms with Crippen molar-refractivity contribution in [2.45, 2.75) is 53.2 Å². The minimum Gasteiger partial charge on any atom is -0.359 e. The molecular weight excluding hydrogens is 465 g/mol. The maximum Gasteiger partial charge on any atom is 0.191 e. The summed E-state index contributed by atoms with van der Waals surface area (Å²) >= 11 is 0. The molecule has 0 saturated carbocycles. The van der Waals surface area contributed by atoms with Gasteiger partial charge in [-0.15, -0.1) is 24.0 Å². The van der Waals surface area contributed by atoms with Crippen LogP contribution in [0.3, 0.4) is 0 Å². The van der Waals surface area contributed by atoms with Gasteiger partial charge in [-0.25, -0.2) is 0 Å². The second-order valence-corrected chi connectivity index (χ2v) is 6.93. The summed E-state index contributed by atoms with van der Waals surface area (Å²) < 4.78 is 5.35. The van der Waals surface area contributed by atoms with E-state index in [-0.39, 0.29) is 24.0 Å². The van der Waals surface area contributed by atoms with Gasteiger partial charge in [0.05, 0.1) is 12.2 Å². The average molecular weight is 499 g/mol. The maximum atomic E-state index is 5.35. The Morgan fingerprint density at radius 2 is 1.68 bits per heavy atom. The largest absolute Gasteiger partial charge is 0.359 e. The van der Waals surface area contributed by atoms with Crippen molar-refractivity contribution in [1.29, 1.82) is 0 Å². The van der Waals surface area contributed by atoms with Gasteiger partial charge in [0, 0.05) is 26.2 Å². The Labute approximate surface area is 186 Å². The number of halogens is 1. The summed E-state index contributed by atoms with van der Waals surface area (Å²) in [6.07, 6.45) is 0. The molecule has 0 fully saturated rings. The standard InChI is InChI=1S/C21H33N5O.HI/c1-6-26(7-2)15-18-10-8-17(9-11-18)13-23-21(22-5)24-14-19-12-20(16(3)4)25-27-19;/h8-12,16H,6-7,13-15H2,1-5H3,(H2,22,23,24);1H. The molecule has 0 amide bonds. The van der Waals surface area contributed by atoms with E-state index in [9.17, 15) is 0 Å². The van der Waals surface area contributed by atoms with Crippen LogP contribution < -0.4 is 10.6 Å². The number of guanidine groups is 1. The highest BCUT2D eigenvalue weighted by Gasteiger charge is 2.08. The van der Waals surface area contributed by atoms with E-state index in [1.165, 1.54) is 11.1 Å². The van der Waals surface area contributed by atoms with Gasteiger partial charge in [0.1, 0.15) is 0 Å². The summed E-state index contributed by atoms with van der Waals surface area (Å²) in [6.45, 7) is 13.0. The predicted octanol–water partition coefficient (Wildman–Crippen LogP) is 4.12. The maximum absolute atomic E-state index is 5.35. The molecule has 156 valence electrons. The van der Waals surface area contributed by atoms with Crippen molar-refractivity contribution in [3.8, 4) is 0 Å². The molecule has 2 rings (SSSR count). The third-order valence-corrected chi connectivity index (χ3v) is 4.61. The number of aromatic nitrogens is 1. The van der Waals surface area contributed by atoms with Crippen LogP contribution in [0.4, 0.5) is 0 Å². The SMILES string of the molecule is CCN(CC)Cc1ccc(CNC(=NC)NCc2cc(C(C)C)no2)cc1.I. The van der Waals surface area contributed by atoms with E-state index >= 15 is 0 Å². The molecule has 0 aliphatic heterocycles. The molecule has 0 aliphatic carbocycles. The molecular formula is C21H34IN5O. The van der Waals surface area contributed by atoms with Gasteiger partial charge in [0.15, 0.2) is 11.7 Å². The Morgan fingerprint density at radius 1 is 1.07 bits per heavy atom. The van der Waals surface area contributed by atoms with Gasteiger partial charge >= 0.3 is 0 Å². The highest BCUT2D eigenvalue weighted by Crippen LogP contribution is 2.13. The van der Waals surface area contributed by atoms with Crippen molar-refractivity contribution in [2.75, 3.05) is 20.1 Å². The van der Waals surface area contributed by atoms with Crippen molar-refractivity contribution < 1.29 is 4.52 Å². The van der Waals surface area contributed by atoms with Crippen molar-refractivity contribution >= 4 is 29.9 Å². The zero-order valence-corrected chi connectivity index (χ0v) is 20.0. The van der Waals surface area contributed by atoms with Gasteiger partial charge in [-0.05, 0) is 30.1 Å². The molecule has 1 aromatic carbocycles. The minimum absolute atomic E-state index is 0. The van der Waals surface area contributed by atoms with Gasteiger partial charge in [0.25, 0.3) is 0 Å². The van der Waals surface area contributed by atoms with Crippen molar-refractivity contribution in [1.82, 2.24) is 20.7 Å². The van der Waals surface area contributed by atoms with E-state index in [2.05, 4.69) is 77.6 Å². The second-order valence-electron chi connectivity index (χ2n) is 6.93. The molecule has 0 aliphatic rings. The number of benzene rings is 1. The predicted molar refractivity (Wildman–Crippen MR) is 126 cm³/mol. The Bertz CT molecular complexity index is 708. The molecule has 0 bridgehead atoms. The van der Waals surface area contributed by atoms with Crippen LogP contribution in [0.15, 0.2) is 39.8 Å². The number of nitrogens with zero attached hydrogens (tertiary/aromatic N) is 3. The Morgan fingerprint density at radius 3 is 2.21 bits per heavy atom. The number of rotatable bonds is 9. The summed E-state index contributed by atoms with van der Waals surface area (Å²) in [5.74, 6) is 1.91. The Hall–Kier alpha value is -1.61. The summed E-state index contributed by atoms with van der Waals surface area (Å²) in [4.78, 5) is 6.67. The van der Waals surface area contributed by atoms with Gasteiger partial charge in [-0.3, -0.25) is 9.89 Å². The molecule has 2 aromatic rings. The summed E-state index contributed by atoms with van der Waals surface area (Å²) in [5.41, 5.74) is 3.54. The number of aliphatic imine (C=N–C) groups is 1. The summed E-state index contributed by atoms with van der Waals surface area (Å²) in [7, 11) is 1.77. The molecule has 0 atom stereocenters. The van der Waals surface area contributed by atoms with Crippen LogP contribution in [0.5, 0.6) is 0 Å². The highest BCUT2D eigenvalue weighted by atomic mass is 127. The van der Waals surface area contributed by atoms with E-state index in [0.717, 1.165) is 43.6 Å². The molecule has 1 aromatic heterocycles. The lowest BCUT2D eigenvalue weighted by Crippen LogP contribution is -2.36. The zero-order chi connectivity index (χ0) is 19.6. The monoisotopic (exact) mass is 499 g/mol. The molecule has 2 N–H and O–H groups in total. The molecule has 0 radical (unpaired) electrons. The van der Waals surface area contributed by atoms with Crippen LogP contribution in [0.1, 0.15) is 56.2 Å². The fourth-order valence-corrected chi connectivity index (χ4v) is 2.73. The first kappa shape index (κ1) is 24.4. The zero-order valence-electron chi connectivity index (χ0n) is 17.7. The molecule has 6 nitrogen and oxygen atoms in total. The van der Waals surface area contributed by atoms with Crippen molar-refractivity contribution in [3.05, 3.63) is 52.9 Å². The summed E-state index contributed by atoms with van der Waals surface area (Å²) in [6, 6.07) is 10.7. The van der Waals surface area contributed by atoms with E-state index in [1.807, 2.05) is 6.07 Å². The first-order chi connectivity index (χ1) is 13.0. The lowest BCUT2D eigenvalue weighted by atomic mass is 10.1. The van der Waals surface area contributed by atoms with E-state index in [0.29, 0.717) is 12.5 Å². The van der Waals surface area contributed by atoms with Crippen LogP contribution in [0.25, 0.3) is 0 Å². The van der Waals surface area contributed by atoms with E-state index in [1.54, 1.807) is 7.05 Å². The fraction of sp³-hybridized carbons (Fsp3) is 0.524. The number of hydrogen-bond acceptors (Lipinski definition) is 4. The minimum atomic E-state index is 0. The first-order valence-electron chi connectivity index (χ1n) is 9.75. The first-order valence-corrected chi connectivity index (χ1v) is 9.75. The fourth-order valence-electron chi connectivity index (χ4n) is 2.73. The average Bonchev–Trinajstić information content (AvgIpc) is 3.16. The van der Waals surface area contributed by atoms with Crippen LogP contribution in [-0.4, -0.2) is 36.2 Å². The van der Waals surface area contributed by atoms with Crippen molar-refractivity contribution in [3.63, 3.8) is 0 Å². The second kappa shape index (κ2) is 12.8. The van der Waals surface area contributed by atoms with E-state index < -0.39 is 0 Å². The van der Waals surface area contributed by atoms with Crippen LogP contribution >= 0.6 is 24.0 Å². The van der Waals surface area contributed by atoms with Crippen LogP contribution in [-0.2, 0) is 19.6 Å². The third-order valence-electron chi connectivity index (χ3n) is 4.61. The quantitative estimate of drug-likeness (QED) is 0.309. The molecule has 0 unspecified atom stereocenters. The topological polar surface area (TPSA) is 65.7 Å². The summed E-state index contributed by atoms with van der Waals surface area (Å²) in [5, 5.41) is 10.7. The van der Waals surface area contributed by atoms with E-state index in [4.69, 9.17) is 4.52 Å². The van der Waals surface area contributed by atoms with Gasteiger partial charge in [0.2, 0.25) is 0 Å². The Balaban J connectivity index is 0.00000392. The van der Waals surface area contributed by atoms with Crippen molar-refractivity contribution in [2.24, 2.45) is 4.99 Å². The molecule has 28 heavy (non-hydrogen) atoms.